The normalized spacial score (nSPS) is 11.7. The summed E-state index contributed by atoms with van der Waals surface area (Å²) < 4.78 is 0.909. The van der Waals surface area contributed by atoms with E-state index in [1.165, 1.54) is 0 Å². The molecule has 1 unspecified atom stereocenters. The van der Waals surface area contributed by atoms with Crippen LogP contribution < -0.4 is 16.4 Å². The number of hydrogen-bond acceptors (Lipinski definition) is 3. The number of pyridine rings is 1. The highest BCUT2D eigenvalue weighted by molar-refractivity contribution is 9.10. The summed E-state index contributed by atoms with van der Waals surface area (Å²) in [5, 5.41) is 6.36. The molecule has 0 radical (unpaired) electrons. The van der Waals surface area contributed by atoms with Crippen molar-refractivity contribution < 1.29 is 9.59 Å². The number of primary amides is 1. The summed E-state index contributed by atoms with van der Waals surface area (Å²) in [6.07, 6.45) is 1.76. The minimum absolute atomic E-state index is 0.0568. The lowest BCUT2D eigenvalue weighted by atomic mass is 10.0. The molecule has 7 heteroatoms. The van der Waals surface area contributed by atoms with Gasteiger partial charge in [0.25, 0.3) is 0 Å². The molecule has 3 amide bonds. The summed E-state index contributed by atoms with van der Waals surface area (Å²) in [6.45, 7) is 0. The van der Waals surface area contributed by atoms with Gasteiger partial charge in [-0.05, 0) is 42.0 Å². The zero-order valence-corrected chi connectivity index (χ0v) is 15.4. The number of halogens is 1. The smallest absolute Gasteiger partial charge is 0.312 e. The molecule has 0 fully saturated rings. The minimum Gasteiger partial charge on any atom is -0.352 e. The second-order valence-corrected chi connectivity index (χ2v) is 6.66. The van der Waals surface area contributed by atoms with Crippen molar-refractivity contribution >= 4 is 44.5 Å². The van der Waals surface area contributed by atoms with Crippen LogP contribution >= 0.6 is 15.9 Å². The number of nitrogens with zero attached hydrogens (tertiary/aromatic N) is 1. The second-order valence-electron chi connectivity index (χ2n) is 5.74. The lowest BCUT2D eigenvalue weighted by Crippen LogP contribution is -2.35. The highest BCUT2D eigenvalue weighted by atomic mass is 79.9. The van der Waals surface area contributed by atoms with E-state index in [0.29, 0.717) is 5.69 Å². The van der Waals surface area contributed by atoms with Crippen molar-refractivity contribution in [3.8, 4) is 0 Å². The summed E-state index contributed by atoms with van der Waals surface area (Å²) in [6, 6.07) is 15.4. The van der Waals surface area contributed by atoms with Gasteiger partial charge in [0.05, 0.1) is 23.7 Å². The van der Waals surface area contributed by atoms with Crippen LogP contribution in [-0.2, 0) is 4.79 Å². The fourth-order valence-corrected chi connectivity index (χ4v) is 2.98. The molecule has 0 saturated heterocycles. The van der Waals surface area contributed by atoms with Gasteiger partial charge in [-0.3, -0.25) is 9.78 Å². The average Bonchev–Trinajstić information content (AvgIpc) is 2.62. The van der Waals surface area contributed by atoms with E-state index in [0.717, 1.165) is 20.9 Å². The highest BCUT2D eigenvalue weighted by Gasteiger charge is 2.18. The Bertz CT molecular complexity index is 938. The van der Waals surface area contributed by atoms with E-state index in [-0.39, 0.29) is 12.3 Å². The van der Waals surface area contributed by atoms with Gasteiger partial charge in [0.2, 0.25) is 5.91 Å². The Balaban J connectivity index is 1.79. The van der Waals surface area contributed by atoms with Gasteiger partial charge in [-0.25, -0.2) is 4.79 Å². The molecule has 0 saturated carbocycles. The molecule has 3 rings (SSSR count). The summed E-state index contributed by atoms with van der Waals surface area (Å²) in [5.74, 6) is -0.233. The van der Waals surface area contributed by atoms with E-state index in [9.17, 15) is 9.59 Å². The molecule has 4 N–H and O–H groups in total. The number of amides is 3. The number of urea groups is 1. The van der Waals surface area contributed by atoms with Gasteiger partial charge >= 0.3 is 6.03 Å². The van der Waals surface area contributed by atoms with Gasteiger partial charge < -0.3 is 16.4 Å². The molecule has 0 spiro atoms. The summed E-state index contributed by atoms with van der Waals surface area (Å²) in [7, 11) is 0. The lowest BCUT2D eigenvalue weighted by Gasteiger charge is -2.18. The molecule has 1 heterocycles. The van der Waals surface area contributed by atoms with Crippen molar-refractivity contribution in [3.63, 3.8) is 0 Å². The number of nitrogens with two attached hydrogens (primary N) is 1. The number of aromatic nitrogens is 1. The summed E-state index contributed by atoms with van der Waals surface area (Å²) in [4.78, 5) is 28.2. The third-order valence-electron chi connectivity index (χ3n) is 3.90. The predicted molar refractivity (Wildman–Crippen MR) is 105 cm³/mol. The first-order chi connectivity index (χ1) is 12.5. The van der Waals surface area contributed by atoms with Crippen LogP contribution in [-0.4, -0.2) is 16.9 Å². The molecule has 2 aromatic carbocycles. The van der Waals surface area contributed by atoms with Gasteiger partial charge in [0.15, 0.2) is 0 Å². The van der Waals surface area contributed by atoms with Crippen molar-refractivity contribution in [3.05, 3.63) is 70.8 Å². The van der Waals surface area contributed by atoms with Crippen LogP contribution in [0.2, 0.25) is 0 Å². The Morgan fingerprint density at radius 1 is 1.08 bits per heavy atom. The molecule has 3 aromatic rings. The van der Waals surface area contributed by atoms with Crippen LogP contribution in [0.3, 0.4) is 0 Å². The first-order valence-corrected chi connectivity index (χ1v) is 8.77. The van der Waals surface area contributed by atoms with Gasteiger partial charge in [0.1, 0.15) is 0 Å². The van der Waals surface area contributed by atoms with Crippen LogP contribution in [0.1, 0.15) is 18.0 Å². The molecule has 0 aliphatic carbocycles. The van der Waals surface area contributed by atoms with Gasteiger partial charge in [0, 0.05) is 16.1 Å². The van der Waals surface area contributed by atoms with Crippen molar-refractivity contribution in [2.45, 2.75) is 12.5 Å². The highest BCUT2D eigenvalue weighted by Crippen LogP contribution is 2.24. The zero-order chi connectivity index (χ0) is 18.5. The predicted octanol–water partition coefficient (Wildman–Crippen LogP) is 3.74. The maximum absolute atomic E-state index is 12.6. The quantitative estimate of drug-likeness (QED) is 0.595. The lowest BCUT2D eigenvalue weighted by molar-refractivity contribution is -0.116. The minimum atomic E-state index is -0.680. The molecule has 26 heavy (non-hydrogen) atoms. The zero-order valence-electron chi connectivity index (χ0n) is 13.8. The van der Waals surface area contributed by atoms with Crippen LogP contribution in [0.15, 0.2) is 65.3 Å². The van der Waals surface area contributed by atoms with Crippen molar-refractivity contribution in [1.82, 2.24) is 10.3 Å². The van der Waals surface area contributed by atoms with Gasteiger partial charge in [-0.15, -0.1) is 0 Å². The van der Waals surface area contributed by atoms with Crippen LogP contribution in [0.25, 0.3) is 10.9 Å². The molecule has 132 valence electrons. The van der Waals surface area contributed by atoms with Crippen molar-refractivity contribution in [2.75, 3.05) is 5.32 Å². The summed E-state index contributed by atoms with van der Waals surface area (Å²) in [5.41, 5.74) is 7.53. The molecule has 1 aromatic heterocycles. The maximum atomic E-state index is 12.6. The molecule has 0 aliphatic heterocycles. The number of carbonyl (C=O) groups is 2. The van der Waals surface area contributed by atoms with E-state index in [1.807, 2.05) is 54.6 Å². The van der Waals surface area contributed by atoms with Gasteiger partial charge in [-0.2, -0.15) is 0 Å². The Kier molecular flexibility index (Phi) is 5.48. The number of anilines is 1. The Hall–Kier alpha value is -2.93. The van der Waals surface area contributed by atoms with Crippen molar-refractivity contribution in [1.29, 1.82) is 0 Å². The van der Waals surface area contributed by atoms with E-state index in [4.69, 9.17) is 5.73 Å². The molecule has 6 nitrogen and oxygen atoms in total. The van der Waals surface area contributed by atoms with Crippen LogP contribution in [0.5, 0.6) is 0 Å². The number of benzene rings is 2. The number of hydrogen-bond donors (Lipinski definition) is 3. The van der Waals surface area contributed by atoms with Crippen LogP contribution in [0.4, 0.5) is 10.5 Å². The number of rotatable bonds is 5. The number of carbonyl (C=O) groups excluding carboxylic acids is 2. The molecule has 1 atom stereocenters. The van der Waals surface area contributed by atoms with E-state index >= 15 is 0 Å². The van der Waals surface area contributed by atoms with E-state index < -0.39 is 12.1 Å². The first-order valence-electron chi connectivity index (χ1n) is 7.98. The Morgan fingerprint density at radius 3 is 2.58 bits per heavy atom. The molecule has 0 aliphatic rings. The first kappa shape index (κ1) is 17.9. The van der Waals surface area contributed by atoms with E-state index in [2.05, 4.69) is 31.5 Å². The van der Waals surface area contributed by atoms with Crippen molar-refractivity contribution in [2.24, 2.45) is 5.73 Å². The largest absolute Gasteiger partial charge is 0.352 e. The maximum Gasteiger partial charge on any atom is 0.312 e. The summed E-state index contributed by atoms with van der Waals surface area (Å²) >= 11 is 3.37. The van der Waals surface area contributed by atoms with E-state index in [1.54, 1.807) is 6.20 Å². The number of nitrogens with one attached hydrogen (secondary N) is 2. The molecule has 0 bridgehead atoms. The topological polar surface area (TPSA) is 97.1 Å². The molecular weight excluding hydrogens is 396 g/mol. The SMILES string of the molecule is NC(=O)NC(CC(=O)Nc1cccc2ncccc12)c1ccc(Br)cc1. The second kappa shape index (κ2) is 7.97. The fourth-order valence-electron chi connectivity index (χ4n) is 2.72. The molecular formula is C19H17BrN4O2. The number of fused-ring (bicyclic) bond motifs is 1. The third kappa shape index (κ3) is 4.37. The fraction of sp³-hybridized carbons (Fsp3) is 0.105. The van der Waals surface area contributed by atoms with Gasteiger partial charge in [-0.1, -0.05) is 34.1 Å². The monoisotopic (exact) mass is 412 g/mol. The average molecular weight is 413 g/mol. The van der Waals surface area contributed by atoms with Crippen LogP contribution in [0, 0.1) is 0 Å². The third-order valence-corrected chi connectivity index (χ3v) is 4.43. The Morgan fingerprint density at radius 2 is 1.85 bits per heavy atom. The standard InChI is InChI=1S/C19H17BrN4O2/c20-13-8-6-12(7-9-13)17(24-19(21)26)11-18(25)23-16-5-1-4-15-14(16)3-2-10-22-15/h1-10,17H,11H2,(H,23,25)(H3,21,24,26). The Labute approximate surface area is 158 Å².